The van der Waals surface area contributed by atoms with Gasteiger partial charge in [-0.15, -0.1) is 0 Å². The summed E-state index contributed by atoms with van der Waals surface area (Å²) in [6.45, 7) is 2.20. The molecule has 2 heterocycles. The van der Waals surface area contributed by atoms with Gasteiger partial charge < -0.3 is 9.47 Å². The van der Waals surface area contributed by atoms with Crippen LogP contribution < -0.4 is 4.74 Å². The zero-order chi connectivity index (χ0) is 15.4. The minimum absolute atomic E-state index is 0.120. The van der Waals surface area contributed by atoms with E-state index in [2.05, 4.69) is 5.10 Å². The van der Waals surface area contributed by atoms with Crippen LogP contribution >= 0.6 is 0 Å². The molecule has 0 unspecified atom stereocenters. The Kier molecular flexibility index (Phi) is 4.73. The molecule has 1 saturated heterocycles. The van der Waals surface area contributed by atoms with Gasteiger partial charge in [-0.05, 0) is 37.0 Å². The van der Waals surface area contributed by atoms with Crippen LogP contribution in [0.15, 0.2) is 29.4 Å². The van der Waals surface area contributed by atoms with Crippen molar-refractivity contribution in [3.63, 3.8) is 0 Å². The molecule has 1 amide bonds. The first-order chi connectivity index (χ1) is 10.8. The Morgan fingerprint density at radius 1 is 1.27 bits per heavy atom. The fraction of sp³-hybridized carbons (Fsp3) is 0.529. The van der Waals surface area contributed by atoms with Gasteiger partial charge in [0.1, 0.15) is 5.75 Å². The second-order valence-corrected chi connectivity index (χ2v) is 5.77. The molecule has 2 aliphatic heterocycles. The van der Waals surface area contributed by atoms with E-state index in [1.54, 1.807) is 12.1 Å². The van der Waals surface area contributed by atoms with Crippen molar-refractivity contribution in [2.75, 3.05) is 26.9 Å². The molecule has 5 nitrogen and oxygen atoms in total. The average molecular weight is 302 g/mol. The summed E-state index contributed by atoms with van der Waals surface area (Å²) in [5.74, 6) is 1.39. The number of carbonyl (C=O) groups excluding carboxylic acids is 1. The molecule has 0 N–H and O–H groups in total. The third kappa shape index (κ3) is 3.47. The Morgan fingerprint density at radius 3 is 2.68 bits per heavy atom. The lowest BCUT2D eigenvalue weighted by atomic mass is 9.93. The molecule has 118 valence electrons. The molecule has 0 bridgehead atoms. The summed E-state index contributed by atoms with van der Waals surface area (Å²) in [5, 5.41) is 6.20. The maximum atomic E-state index is 12.1. The van der Waals surface area contributed by atoms with Crippen molar-refractivity contribution >= 4 is 11.6 Å². The summed E-state index contributed by atoms with van der Waals surface area (Å²) in [4.78, 5) is 12.1. The standard InChI is InChI=1S/C17H22N2O3/c1-21-15-4-2-13(3-5-15)6-9-19-17(20)12-16(18-19)14-7-10-22-11-8-14/h2-5,14H,6-12H2,1H3. The first-order valence-electron chi connectivity index (χ1n) is 7.84. The molecule has 0 radical (unpaired) electrons. The summed E-state index contributed by atoms with van der Waals surface area (Å²) in [6.07, 6.45) is 3.25. The highest BCUT2D eigenvalue weighted by atomic mass is 16.5. The molecule has 3 rings (SSSR count). The number of nitrogens with zero attached hydrogens (tertiary/aromatic N) is 2. The molecule has 0 atom stereocenters. The van der Waals surface area contributed by atoms with Crippen LogP contribution in [0.2, 0.25) is 0 Å². The van der Waals surface area contributed by atoms with Crippen LogP contribution in [0.3, 0.4) is 0 Å². The number of ether oxygens (including phenoxy) is 2. The van der Waals surface area contributed by atoms with Crippen molar-refractivity contribution in [2.24, 2.45) is 11.0 Å². The van der Waals surface area contributed by atoms with Crippen LogP contribution in [0.5, 0.6) is 5.75 Å². The maximum absolute atomic E-state index is 12.1. The van der Waals surface area contributed by atoms with Gasteiger partial charge in [0.2, 0.25) is 5.91 Å². The highest BCUT2D eigenvalue weighted by molar-refractivity contribution is 6.06. The number of amides is 1. The van der Waals surface area contributed by atoms with Gasteiger partial charge in [0.25, 0.3) is 0 Å². The highest BCUT2D eigenvalue weighted by Gasteiger charge is 2.29. The molecule has 2 aliphatic rings. The van der Waals surface area contributed by atoms with Gasteiger partial charge in [-0.1, -0.05) is 12.1 Å². The largest absolute Gasteiger partial charge is 0.497 e. The number of methoxy groups -OCH3 is 1. The van der Waals surface area contributed by atoms with E-state index in [4.69, 9.17) is 9.47 Å². The number of rotatable bonds is 5. The van der Waals surface area contributed by atoms with Gasteiger partial charge in [0.15, 0.2) is 0 Å². The molecule has 1 aromatic carbocycles. The number of carbonyl (C=O) groups is 1. The highest BCUT2D eigenvalue weighted by Crippen LogP contribution is 2.23. The predicted molar refractivity (Wildman–Crippen MR) is 84.0 cm³/mol. The quantitative estimate of drug-likeness (QED) is 0.838. The van der Waals surface area contributed by atoms with Gasteiger partial charge in [0.05, 0.1) is 19.2 Å². The third-order valence-corrected chi connectivity index (χ3v) is 4.33. The van der Waals surface area contributed by atoms with E-state index in [1.807, 2.05) is 24.3 Å². The zero-order valence-corrected chi connectivity index (χ0v) is 13.0. The van der Waals surface area contributed by atoms with Crippen molar-refractivity contribution in [3.05, 3.63) is 29.8 Å². The average Bonchev–Trinajstić information content (AvgIpc) is 2.95. The summed E-state index contributed by atoms with van der Waals surface area (Å²) in [5.41, 5.74) is 2.23. The van der Waals surface area contributed by atoms with Crippen molar-refractivity contribution in [2.45, 2.75) is 25.7 Å². The monoisotopic (exact) mass is 302 g/mol. The van der Waals surface area contributed by atoms with Crippen molar-refractivity contribution in [3.8, 4) is 5.75 Å². The lowest BCUT2D eigenvalue weighted by Crippen LogP contribution is -2.23. The topological polar surface area (TPSA) is 51.1 Å². The summed E-state index contributed by atoms with van der Waals surface area (Å²) < 4.78 is 10.5. The fourth-order valence-corrected chi connectivity index (χ4v) is 2.95. The van der Waals surface area contributed by atoms with Gasteiger partial charge in [-0.25, -0.2) is 5.01 Å². The normalized spacial score (nSPS) is 19.4. The smallest absolute Gasteiger partial charge is 0.248 e. The van der Waals surface area contributed by atoms with Crippen molar-refractivity contribution in [1.82, 2.24) is 5.01 Å². The zero-order valence-electron chi connectivity index (χ0n) is 13.0. The summed E-state index contributed by atoms with van der Waals surface area (Å²) in [6, 6.07) is 7.95. The van der Waals surface area contributed by atoms with Gasteiger partial charge in [0, 0.05) is 25.7 Å². The molecular weight excluding hydrogens is 280 g/mol. The van der Waals surface area contributed by atoms with Crippen molar-refractivity contribution < 1.29 is 14.3 Å². The number of benzene rings is 1. The minimum atomic E-state index is 0.120. The lowest BCUT2D eigenvalue weighted by Gasteiger charge is -2.21. The van der Waals surface area contributed by atoms with E-state index >= 15 is 0 Å². The number of hydrazone groups is 1. The fourth-order valence-electron chi connectivity index (χ4n) is 2.95. The van der Waals surface area contributed by atoms with Gasteiger partial charge >= 0.3 is 0 Å². The Balaban J connectivity index is 1.57. The van der Waals surface area contributed by atoms with Gasteiger partial charge in [-0.3, -0.25) is 4.79 Å². The van der Waals surface area contributed by atoms with E-state index in [0.717, 1.165) is 43.9 Å². The van der Waals surface area contributed by atoms with Crippen LogP contribution in [0, 0.1) is 5.92 Å². The summed E-state index contributed by atoms with van der Waals surface area (Å²) >= 11 is 0. The first kappa shape index (κ1) is 15.0. The SMILES string of the molecule is COc1ccc(CCN2N=C(C3CCOCC3)CC2=O)cc1. The summed E-state index contributed by atoms with van der Waals surface area (Å²) in [7, 11) is 1.66. The Morgan fingerprint density at radius 2 is 2.00 bits per heavy atom. The van der Waals surface area contributed by atoms with Crippen molar-refractivity contribution in [1.29, 1.82) is 0 Å². The maximum Gasteiger partial charge on any atom is 0.248 e. The number of hydrogen-bond donors (Lipinski definition) is 0. The third-order valence-electron chi connectivity index (χ3n) is 4.33. The molecule has 5 heteroatoms. The molecule has 0 spiro atoms. The Hall–Kier alpha value is -1.88. The predicted octanol–water partition coefficient (Wildman–Crippen LogP) is 2.25. The second kappa shape index (κ2) is 6.92. The van der Waals surface area contributed by atoms with E-state index in [-0.39, 0.29) is 5.91 Å². The van der Waals surface area contributed by atoms with Crippen LogP contribution in [-0.2, 0) is 16.0 Å². The van der Waals surface area contributed by atoms with E-state index < -0.39 is 0 Å². The van der Waals surface area contributed by atoms with Crippen LogP contribution in [0.4, 0.5) is 0 Å². The Labute approximate surface area is 130 Å². The molecular formula is C17H22N2O3. The molecule has 22 heavy (non-hydrogen) atoms. The lowest BCUT2D eigenvalue weighted by molar-refractivity contribution is -0.128. The van der Waals surface area contributed by atoms with E-state index in [0.29, 0.717) is 18.9 Å². The molecule has 1 fully saturated rings. The number of hydrogen-bond acceptors (Lipinski definition) is 4. The Bertz CT molecular complexity index is 548. The minimum Gasteiger partial charge on any atom is -0.497 e. The second-order valence-electron chi connectivity index (χ2n) is 5.77. The van der Waals surface area contributed by atoms with Gasteiger partial charge in [-0.2, -0.15) is 5.10 Å². The van der Waals surface area contributed by atoms with E-state index in [9.17, 15) is 4.79 Å². The molecule has 0 aromatic heterocycles. The van der Waals surface area contributed by atoms with E-state index in [1.165, 1.54) is 5.56 Å². The van der Waals surface area contributed by atoms with Crippen LogP contribution in [0.1, 0.15) is 24.8 Å². The molecule has 0 aliphatic carbocycles. The molecule has 0 saturated carbocycles. The van der Waals surface area contributed by atoms with Crippen LogP contribution in [-0.4, -0.2) is 43.5 Å². The molecule has 1 aromatic rings. The van der Waals surface area contributed by atoms with Crippen LogP contribution in [0.25, 0.3) is 0 Å². The first-order valence-corrected chi connectivity index (χ1v) is 7.84.